The largest absolute Gasteiger partial charge is 0.353 e. The zero-order chi connectivity index (χ0) is 11.8. The molecule has 1 unspecified atom stereocenters. The normalized spacial score (nSPS) is 18.2. The van der Waals surface area contributed by atoms with Crippen molar-refractivity contribution < 1.29 is 4.79 Å². The molecule has 5 heteroatoms. The third kappa shape index (κ3) is 6.86. The van der Waals surface area contributed by atoms with Gasteiger partial charge in [0.2, 0.25) is 5.91 Å². The van der Waals surface area contributed by atoms with Crippen molar-refractivity contribution in [2.45, 2.75) is 45.1 Å². The summed E-state index contributed by atoms with van der Waals surface area (Å²) in [4.78, 5) is 13.9. The van der Waals surface area contributed by atoms with Gasteiger partial charge in [-0.15, -0.1) is 12.4 Å². The van der Waals surface area contributed by atoms with Crippen molar-refractivity contribution in [3.05, 3.63) is 0 Å². The van der Waals surface area contributed by atoms with Crippen molar-refractivity contribution in [3.63, 3.8) is 0 Å². The lowest BCUT2D eigenvalue weighted by Gasteiger charge is -2.26. The molecule has 1 amide bonds. The summed E-state index contributed by atoms with van der Waals surface area (Å²) >= 11 is 0. The Hall–Kier alpha value is -0.320. The van der Waals surface area contributed by atoms with Gasteiger partial charge in [-0.3, -0.25) is 4.79 Å². The molecule has 17 heavy (non-hydrogen) atoms. The molecule has 0 bridgehead atoms. The number of hydrogen-bond donors (Lipinski definition) is 2. The van der Waals surface area contributed by atoms with E-state index in [4.69, 9.17) is 5.73 Å². The van der Waals surface area contributed by atoms with E-state index in [1.165, 1.54) is 32.4 Å². The van der Waals surface area contributed by atoms with Crippen molar-refractivity contribution in [1.29, 1.82) is 0 Å². The average Bonchev–Trinajstić information content (AvgIpc) is 2.30. The SMILES string of the molecule is CCCC(N)C(=O)NCCN1CCCCC1.Cl. The van der Waals surface area contributed by atoms with Gasteiger partial charge in [0.1, 0.15) is 0 Å². The van der Waals surface area contributed by atoms with Crippen LogP contribution in [0.2, 0.25) is 0 Å². The Kier molecular flexibility index (Phi) is 9.50. The maximum Gasteiger partial charge on any atom is 0.236 e. The van der Waals surface area contributed by atoms with Crippen LogP contribution in [0.1, 0.15) is 39.0 Å². The van der Waals surface area contributed by atoms with Crippen molar-refractivity contribution in [3.8, 4) is 0 Å². The first kappa shape index (κ1) is 16.7. The minimum absolute atomic E-state index is 0. The van der Waals surface area contributed by atoms with Crippen LogP contribution in [0, 0.1) is 0 Å². The molecular formula is C12H26ClN3O. The van der Waals surface area contributed by atoms with Gasteiger partial charge in [-0.1, -0.05) is 19.8 Å². The smallest absolute Gasteiger partial charge is 0.236 e. The third-order valence-corrected chi connectivity index (χ3v) is 3.11. The molecule has 102 valence electrons. The summed E-state index contributed by atoms with van der Waals surface area (Å²) in [6, 6.07) is -0.327. The fourth-order valence-electron chi connectivity index (χ4n) is 2.09. The molecule has 1 aliphatic rings. The van der Waals surface area contributed by atoms with Crippen LogP contribution in [0.15, 0.2) is 0 Å². The number of carbonyl (C=O) groups excluding carboxylic acids is 1. The predicted octanol–water partition coefficient (Wildman–Crippen LogP) is 1.14. The van der Waals surface area contributed by atoms with Crippen LogP contribution in [-0.2, 0) is 4.79 Å². The number of amides is 1. The van der Waals surface area contributed by atoms with Gasteiger partial charge in [-0.05, 0) is 32.4 Å². The lowest BCUT2D eigenvalue weighted by molar-refractivity contribution is -0.122. The second-order valence-corrected chi connectivity index (χ2v) is 4.59. The van der Waals surface area contributed by atoms with Crippen molar-refractivity contribution >= 4 is 18.3 Å². The number of likely N-dealkylation sites (tertiary alicyclic amines) is 1. The minimum atomic E-state index is -0.327. The van der Waals surface area contributed by atoms with Crippen LogP contribution in [0.25, 0.3) is 0 Å². The van der Waals surface area contributed by atoms with Crippen LogP contribution in [0.5, 0.6) is 0 Å². The zero-order valence-electron chi connectivity index (χ0n) is 10.8. The van der Waals surface area contributed by atoms with Crippen LogP contribution < -0.4 is 11.1 Å². The second kappa shape index (κ2) is 9.68. The molecule has 0 spiro atoms. The molecule has 0 aromatic rings. The molecule has 1 rings (SSSR count). The van der Waals surface area contributed by atoms with Crippen LogP contribution in [-0.4, -0.2) is 43.0 Å². The first-order valence-electron chi connectivity index (χ1n) is 6.49. The van der Waals surface area contributed by atoms with E-state index in [0.717, 1.165) is 25.9 Å². The van der Waals surface area contributed by atoms with Gasteiger partial charge in [-0.2, -0.15) is 0 Å². The van der Waals surface area contributed by atoms with E-state index >= 15 is 0 Å². The van der Waals surface area contributed by atoms with Gasteiger partial charge in [0, 0.05) is 13.1 Å². The highest BCUT2D eigenvalue weighted by Gasteiger charge is 2.13. The first-order chi connectivity index (χ1) is 7.74. The number of rotatable bonds is 6. The topological polar surface area (TPSA) is 58.4 Å². The lowest BCUT2D eigenvalue weighted by atomic mass is 10.1. The molecule has 1 fully saturated rings. The summed E-state index contributed by atoms with van der Waals surface area (Å²) in [6.07, 6.45) is 5.67. The number of piperidine rings is 1. The molecule has 0 aliphatic carbocycles. The predicted molar refractivity (Wildman–Crippen MR) is 73.4 cm³/mol. The van der Waals surface area contributed by atoms with E-state index in [0.29, 0.717) is 0 Å². The van der Waals surface area contributed by atoms with Crippen LogP contribution in [0.4, 0.5) is 0 Å². The van der Waals surface area contributed by atoms with Gasteiger partial charge in [0.15, 0.2) is 0 Å². The molecule has 0 saturated carbocycles. The molecule has 1 heterocycles. The second-order valence-electron chi connectivity index (χ2n) is 4.59. The van der Waals surface area contributed by atoms with E-state index in [-0.39, 0.29) is 24.4 Å². The van der Waals surface area contributed by atoms with Gasteiger partial charge in [0.05, 0.1) is 6.04 Å². The summed E-state index contributed by atoms with van der Waals surface area (Å²) in [5, 5.41) is 2.91. The summed E-state index contributed by atoms with van der Waals surface area (Å²) in [5.74, 6) is -0.00106. The van der Waals surface area contributed by atoms with Gasteiger partial charge in [0.25, 0.3) is 0 Å². The maximum atomic E-state index is 11.5. The van der Waals surface area contributed by atoms with E-state index in [2.05, 4.69) is 10.2 Å². The lowest BCUT2D eigenvalue weighted by Crippen LogP contribution is -2.44. The summed E-state index contributed by atoms with van der Waals surface area (Å²) < 4.78 is 0. The number of hydrogen-bond acceptors (Lipinski definition) is 3. The Labute approximate surface area is 111 Å². The van der Waals surface area contributed by atoms with Crippen LogP contribution in [0.3, 0.4) is 0 Å². The Balaban J connectivity index is 0.00000256. The van der Waals surface area contributed by atoms with Gasteiger partial charge in [-0.25, -0.2) is 0 Å². The number of nitrogens with zero attached hydrogens (tertiary/aromatic N) is 1. The van der Waals surface area contributed by atoms with E-state index in [1.807, 2.05) is 6.92 Å². The fourth-order valence-corrected chi connectivity index (χ4v) is 2.09. The van der Waals surface area contributed by atoms with E-state index < -0.39 is 0 Å². The number of halogens is 1. The molecule has 0 aromatic heterocycles. The molecule has 4 nitrogen and oxygen atoms in total. The molecular weight excluding hydrogens is 238 g/mol. The average molecular weight is 264 g/mol. The summed E-state index contributed by atoms with van der Waals surface area (Å²) in [7, 11) is 0. The highest BCUT2D eigenvalue weighted by molar-refractivity contribution is 5.85. The minimum Gasteiger partial charge on any atom is -0.353 e. The summed E-state index contributed by atoms with van der Waals surface area (Å²) in [6.45, 7) is 6.09. The Morgan fingerprint density at radius 1 is 1.35 bits per heavy atom. The Morgan fingerprint density at radius 2 is 2.00 bits per heavy atom. The van der Waals surface area contributed by atoms with Crippen molar-refractivity contribution in [2.24, 2.45) is 5.73 Å². The van der Waals surface area contributed by atoms with Crippen molar-refractivity contribution in [1.82, 2.24) is 10.2 Å². The van der Waals surface area contributed by atoms with E-state index in [9.17, 15) is 4.79 Å². The summed E-state index contributed by atoms with van der Waals surface area (Å²) in [5.41, 5.74) is 5.72. The number of nitrogens with one attached hydrogen (secondary N) is 1. The van der Waals surface area contributed by atoms with Crippen molar-refractivity contribution in [2.75, 3.05) is 26.2 Å². The maximum absolute atomic E-state index is 11.5. The highest BCUT2D eigenvalue weighted by atomic mass is 35.5. The molecule has 3 N–H and O–H groups in total. The Bertz CT molecular complexity index is 208. The monoisotopic (exact) mass is 263 g/mol. The molecule has 1 aliphatic heterocycles. The van der Waals surface area contributed by atoms with Crippen LogP contribution >= 0.6 is 12.4 Å². The highest BCUT2D eigenvalue weighted by Crippen LogP contribution is 2.07. The quantitative estimate of drug-likeness (QED) is 0.756. The molecule has 0 radical (unpaired) electrons. The third-order valence-electron chi connectivity index (χ3n) is 3.11. The standard InChI is InChI=1S/C12H25N3O.ClH/c1-2-6-11(13)12(16)14-7-10-15-8-4-3-5-9-15;/h11H,2-10,13H2,1H3,(H,14,16);1H. The number of carbonyl (C=O) groups is 1. The van der Waals surface area contributed by atoms with E-state index in [1.54, 1.807) is 0 Å². The fraction of sp³-hybridized carbons (Fsp3) is 0.917. The zero-order valence-corrected chi connectivity index (χ0v) is 11.6. The first-order valence-corrected chi connectivity index (χ1v) is 6.49. The molecule has 1 atom stereocenters. The van der Waals surface area contributed by atoms with Gasteiger partial charge < -0.3 is 16.0 Å². The Morgan fingerprint density at radius 3 is 2.59 bits per heavy atom. The number of nitrogens with two attached hydrogens (primary N) is 1. The molecule has 0 aromatic carbocycles. The molecule has 1 saturated heterocycles. The van der Waals surface area contributed by atoms with Gasteiger partial charge >= 0.3 is 0 Å².